The highest BCUT2D eigenvalue weighted by Crippen LogP contribution is 2.33. The summed E-state index contributed by atoms with van der Waals surface area (Å²) in [6.45, 7) is 11.0. The Kier molecular flexibility index (Phi) is 3.79. The first-order valence-corrected chi connectivity index (χ1v) is 6.50. The Labute approximate surface area is 117 Å². The average Bonchev–Trinajstić information content (AvgIpc) is 2.42. The molecule has 3 heteroatoms. The van der Waals surface area contributed by atoms with Crippen LogP contribution in [0.15, 0.2) is 40.6 Å². The number of hydrogen-bond acceptors (Lipinski definition) is 3. The first kappa shape index (κ1) is 14.1. The van der Waals surface area contributed by atoms with E-state index in [0.717, 1.165) is 16.5 Å². The Bertz CT molecular complexity index is 751. The average molecular weight is 270 g/mol. The molecule has 1 aromatic carbocycles. The number of rotatable bonds is 4. The van der Waals surface area contributed by atoms with E-state index in [1.165, 1.54) is 0 Å². The number of benzene rings is 1. The number of phenolic OH excluding ortho intramolecular Hbond substituents is 1. The van der Waals surface area contributed by atoms with Crippen molar-refractivity contribution in [2.45, 2.75) is 26.7 Å². The molecule has 2 aromatic rings. The summed E-state index contributed by atoms with van der Waals surface area (Å²) in [7, 11) is 0. The molecule has 1 N–H and O–H groups in total. The van der Waals surface area contributed by atoms with E-state index in [2.05, 4.69) is 13.2 Å². The molecule has 20 heavy (non-hydrogen) atoms. The van der Waals surface area contributed by atoms with Crippen molar-refractivity contribution in [1.82, 2.24) is 0 Å². The molecular weight excluding hydrogens is 252 g/mol. The normalized spacial score (nSPS) is 10.7. The lowest BCUT2D eigenvalue weighted by atomic mass is 9.96. The summed E-state index contributed by atoms with van der Waals surface area (Å²) in [6.07, 6.45) is 4.42. The highest BCUT2D eigenvalue weighted by atomic mass is 16.4. The molecule has 0 aliphatic carbocycles. The maximum Gasteiger partial charge on any atom is 0.339 e. The quantitative estimate of drug-likeness (QED) is 0.682. The topological polar surface area (TPSA) is 50.4 Å². The maximum absolute atomic E-state index is 11.8. The molecule has 2 rings (SSSR count). The molecule has 1 heterocycles. The highest BCUT2D eigenvalue weighted by Gasteiger charge is 2.17. The van der Waals surface area contributed by atoms with Gasteiger partial charge in [0.15, 0.2) is 0 Å². The molecule has 0 saturated heterocycles. The van der Waals surface area contributed by atoms with Gasteiger partial charge < -0.3 is 9.52 Å². The van der Waals surface area contributed by atoms with Crippen LogP contribution in [0.5, 0.6) is 5.75 Å². The van der Waals surface area contributed by atoms with Gasteiger partial charge in [0.25, 0.3) is 0 Å². The van der Waals surface area contributed by atoms with Crippen LogP contribution in [0.4, 0.5) is 0 Å². The Morgan fingerprint density at radius 3 is 2.45 bits per heavy atom. The van der Waals surface area contributed by atoms with Crippen LogP contribution in [0.2, 0.25) is 0 Å². The van der Waals surface area contributed by atoms with Crippen molar-refractivity contribution in [3.8, 4) is 5.75 Å². The summed E-state index contributed by atoms with van der Waals surface area (Å²) in [5.74, 6) is 0.156. The van der Waals surface area contributed by atoms with E-state index in [4.69, 9.17) is 4.42 Å². The third-order valence-electron chi connectivity index (χ3n) is 3.61. The summed E-state index contributed by atoms with van der Waals surface area (Å²) in [4.78, 5) is 11.8. The highest BCUT2D eigenvalue weighted by molar-refractivity contribution is 5.87. The fraction of sp³-hybridized carbons (Fsp3) is 0.235. The van der Waals surface area contributed by atoms with Crippen LogP contribution < -0.4 is 5.63 Å². The van der Waals surface area contributed by atoms with Crippen LogP contribution >= 0.6 is 0 Å². The van der Waals surface area contributed by atoms with Crippen LogP contribution in [-0.4, -0.2) is 5.11 Å². The molecule has 0 bridgehead atoms. The Morgan fingerprint density at radius 2 is 1.85 bits per heavy atom. The predicted molar refractivity (Wildman–Crippen MR) is 81.4 cm³/mol. The van der Waals surface area contributed by atoms with Gasteiger partial charge in [-0.25, -0.2) is 4.79 Å². The lowest BCUT2D eigenvalue weighted by molar-refractivity contribution is 0.461. The molecule has 0 atom stereocenters. The van der Waals surface area contributed by atoms with Gasteiger partial charge in [0.05, 0.1) is 0 Å². The van der Waals surface area contributed by atoms with Gasteiger partial charge in [-0.2, -0.15) is 0 Å². The third-order valence-corrected chi connectivity index (χ3v) is 3.61. The molecule has 0 unspecified atom stereocenters. The Morgan fingerprint density at radius 1 is 1.20 bits per heavy atom. The number of aromatic hydroxyl groups is 1. The second-order valence-corrected chi connectivity index (χ2v) is 4.86. The smallest absolute Gasteiger partial charge is 0.339 e. The molecule has 0 spiro atoms. The summed E-state index contributed by atoms with van der Waals surface area (Å²) < 4.78 is 5.38. The van der Waals surface area contributed by atoms with E-state index < -0.39 is 0 Å². The number of hydrogen-bond donors (Lipinski definition) is 1. The zero-order chi connectivity index (χ0) is 14.9. The lowest BCUT2D eigenvalue weighted by Crippen LogP contribution is -2.07. The molecule has 104 valence electrons. The van der Waals surface area contributed by atoms with Crippen molar-refractivity contribution in [2.24, 2.45) is 0 Å². The van der Waals surface area contributed by atoms with Crippen molar-refractivity contribution in [2.75, 3.05) is 0 Å². The predicted octanol–water partition coefficient (Wildman–Crippen LogP) is 3.57. The van der Waals surface area contributed by atoms with Crippen molar-refractivity contribution in [3.63, 3.8) is 0 Å². The van der Waals surface area contributed by atoms with Crippen LogP contribution in [0.1, 0.15) is 22.3 Å². The Hall–Kier alpha value is -2.29. The van der Waals surface area contributed by atoms with Crippen LogP contribution in [0.3, 0.4) is 0 Å². The molecule has 0 aliphatic rings. The van der Waals surface area contributed by atoms with Gasteiger partial charge >= 0.3 is 5.63 Å². The Balaban J connectivity index is 2.96. The second-order valence-electron chi connectivity index (χ2n) is 4.86. The fourth-order valence-corrected chi connectivity index (χ4v) is 2.34. The molecule has 0 saturated carbocycles. The number of fused-ring (bicyclic) bond motifs is 1. The van der Waals surface area contributed by atoms with Gasteiger partial charge in [-0.05, 0) is 43.9 Å². The summed E-state index contributed by atoms with van der Waals surface area (Å²) in [5.41, 5.74) is 2.94. The van der Waals surface area contributed by atoms with Gasteiger partial charge in [0, 0.05) is 16.5 Å². The fourth-order valence-electron chi connectivity index (χ4n) is 2.34. The van der Waals surface area contributed by atoms with Crippen molar-refractivity contribution < 1.29 is 9.52 Å². The summed E-state index contributed by atoms with van der Waals surface area (Å²) in [5, 5.41) is 11.2. The van der Waals surface area contributed by atoms with Crippen LogP contribution in [-0.2, 0) is 12.8 Å². The summed E-state index contributed by atoms with van der Waals surface area (Å²) in [6, 6.07) is 1.87. The van der Waals surface area contributed by atoms with Gasteiger partial charge in [-0.15, -0.1) is 13.2 Å². The molecular formula is C17H18O3. The van der Waals surface area contributed by atoms with E-state index in [-0.39, 0.29) is 11.4 Å². The minimum atomic E-state index is -0.365. The molecule has 1 aromatic heterocycles. The third kappa shape index (κ3) is 2.16. The van der Waals surface area contributed by atoms with E-state index in [9.17, 15) is 9.90 Å². The van der Waals surface area contributed by atoms with Gasteiger partial charge in [-0.3, -0.25) is 0 Å². The molecule has 0 amide bonds. The SMILES string of the molecule is C=CCc1cc2c(C)c(C)c(=O)oc2c(CC=C)c1O. The van der Waals surface area contributed by atoms with Gasteiger partial charge in [0.2, 0.25) is 0 Å². The maximum atomic E-state index is 11.8. The summed E-state index contributed by atoms with van der Waals surface area (Å²) >= 11 is 0. The monoisotopic (exact) mass is 270 g/mol. The lowest BCUT2D eigenvalue weighted by Gasteiger charge is -2.13. The van der Waals surface area contributed by atoms with Crippen molar-refractivity contribution in [3.05, 3.63) is 64.1 Å². The number of phenols is 1. The van der Waals surface area contributed by atoms with Crippen molar-refractivity contribution >= 4 is 11.0 Å². The van der Waals surface area contributed by atoms with Crippen molar-refractivity contribution in [1.29, 1.82) is 0 Å². The zero-order valence-corrected chi connectivity index (χ0v) is 11.8. The molecule has 0 fully saturated rings. The van der Waals surface area contributed by atoms with E-state index in [0.29, 0.717) is 29.6 Å². The second kappa shape index (κ2) is 5.37. The zero-order valence-electron chi connectivity index (χ0n) is 11.8. The van der Waals surface area contributed by atoms with E-state index in [1.807, 2.05) is 13.0 Å². The first-order valence-electron chi connectivity index (χ1n) is 6.50. The largest absolute Gasteiger partial charge is 0.507 e. The molecule has 0 radical (unpaired) electrons. The number of allylic oxidation sites excluding steroid dienone is 2. The van der Waals surface area contributed by atoms with Crippen LogP contribution in [0, 0.1) is 13.8 Å². The van der Waals surface area contributed by atoms with Gasteiger partial charge in [-0.1, -0.05) is 12.2 Å². The minimum Gasteiger partial charge on any atom is -0.507 e. The number of aryl methyl sites for hydroxylation is 1. The van der Waals surface area contributed by atoms with Crippen LogP contribution in [0.25, 0.3) is 11.0 Å². The molecule has 0 aliphatic heterocycles. The minimum absolute atomic E-state index is 0.156. The van der Waals surface area contributed by atoms with Gasteiger partial charge in [0.1, 0.15) is 11.3 Å². The first-order chi connectivity index (χ1) is 9.51. The molecule has 3 nitrogen and oxygen atoms in total. The standard InChI is InChI=1S/C17H18O3/c1-5-7-12-9-14-10(3)11(4)17(19)20-16(14)13(8-6-2)15(12)18/h5-6,9,18H,1-2,7-8H2,3-4H3. The van der Waals surface area contributed by atoms with E-state index in [1.54, 1.807) is 19.1 Å². The van der Waals surface area contributed by atoms with E-state index >= 15 is 0 Å².